The van der Waals surface area contributed by atoms with E-state index in [1.807, 2.05) is 0 Å². The highest BCUT2D eigenvalue weighted by Crippen LogP contribution is 2.67. The van der Waals surface area contributed by atoms with Crippen LogP contribution in [0.3, 0.4) is 0 Å². The summed E-state index contributed by atoms with van der Waals surface area (Å²) in [4.78, 5) is 0. The van der Waals surface area contributed by atoms with E-state index in [1.165, 1.54) is 32.6 Å². The van der Waals surface area contributed by atoms with Crippen molar-refractivity contribution in [3.8, 4) is 0 Å². The molecule has 0 aromatic heterocycles. The van der Waals surface area contributed by atoms with Gasteiger partial charge in [0, 0.05) is 6.54 Å². The predicted molar refractivity (Wildman–Crippen MR) is 162 cm³/mol. The predicted octanol–water partition coefficient (Wildman–Crippen LogP) is 6.85. The van der Waals surface area contributed by atoms with E-state index in [2.05, 4.69) is 150 Å². The van der Waals surface area contributed by atoms with Crippen LogP contribution >= 0.6 is 16.4 Å². The average Bonchev–Trinajstić information content (AvgIpc) is 3.55. The largest absolute Gasteiger partial charge is 0.320 e. The zero-order valence-electron chi connectivity index (χ0n) is 21.5. The molecule has 5 aromatic carbocycles. The highest BCUT2D eigenvalue weighted by Gasteiger charge is 2.61. The Labute approximate surface area is 232 Å². The van der Waals surface area contributed by atoms with Crippen LogP contribution in [0.15, 0.2) is 146 Å². The molecule has 0 spiro atoms. The van der Waals surface area contributed by atoms with Crippen molar-refractivity contribution in [1.82, 2.24) is 4.67 Å². The molecule has 5 heteroatoms. The number of benzene rings is 5. The molecule has 0 amide bonds. The van der Waals surface area contributed by atoms with Crippen LogP contribution in [0.2, 0.25) is 0 Å². The summed E-state index contributed by atoms with van der Waals surface area (Å²) < 4.78 is 15.7. The van der Waals surface area contributed by atoms with Gasteiger partial charge in [0.05, 0.1) is 12.6 Å². The first kappa shape index (κ1) is 24.9. The Morgan fingerprint density at radius 2 is 1.13 bits per heavy atom. The molecule has 2 heterocycles. The number of hydrogen-bond acceptors (Lipinski definition) is 3. The third kappa shape index (κ3) is 4.45. The monoisotopic (exact) mass is 545 g/mol. The quantitative estimate of drug-likeness (QED) is 0.209. The molecule has 39 heavy (non-hydrogen) atoms. The summed E-state index contributed by atoms with van der Waals surface area (Å²) in [6.45, 7) is 1.44. The Bertz CT molecular complexity index is 1450. The van der Waals surface area contributed by atoms with Crippen LogP contribution in [0.1, 0.15) is 16.7 Å². The second kappa shape index (κ2) is 10.8. The van der Waals surface area contributed by atoms with Gasteiger partial charge in [-0.1, -0.05) is 146 Å². The zero-order valence-corrected chi connectivity index (χ0v) is 23.3. The summed E-state index contributed by atoms with van der Waals surface area (Å²) in [5, 5.41) is 4.10. The van der Waals surface area contributed by atoms with Crippen LogP contribution < -0.4 is 15.9 Å². The van der Waals surface area contributed by atoms with Crippen LogP contribution in [-0.2, 0) is 21.2 Å². The Balaban J connectivity index is 1.30. The van der Waals surface area contributed by atoms with Crippen LogP contribution in [0.4, 0.5) is 0 Å². The topological polar surface area (TPSA) is 21.7 Å². The van der Waals surface area contributed by atoms with Gasteiger partial charge in [-0.25, -0.2) is 4.67 Å². The van der Waals surface area contributed by atoms with Gasteiger partial charge in [0.25, 0.3) is 8.53 Å². The molecule has 2 fully saturated rings. The molecule has 0 radical (unpaired) electrons. The fourth-order valence-corrected chi connectivity index (χ4v) is 10.2. The molecular formula is C34H29NO2P2. The summed E-state index contributed by atoms with van der Waals surface area (Å²) in [5.41, 5.74) is 3.15. The standard InChI is InChI=1S/C34H29NO2P2/c1-5-16-28(17-6-1)34(29-18-7-2-8-19-29)33-26-36-39(37-34)35(33)25-27-15-13-14-24-32(27)38(30-20-9-3-10-21-30)31-22-11-4-12-23-31/h1-24,33H,25-26H2. The van der Waals surface area contributed by atoms with Crippen molar-refractivity contribution < 1.29 is 9.05 Å². The van der Waals surface area contributed by atoms with Gasteiger partial charge in [0.2, 0.25) is 0 Å². The molecule has 5 aromatic rings. The van der Waals surface area contributed by atoms with Gasteiger partial charge < -0.3 is 9.05 Å². The minimum absolute atomic E-state index is 0.0844. The summed E-state index contributed by atoms with van der Waals surface area (Å²) in [6, 6.07) is 52.2. The van der Waals surface area contributed by atoms with Crippen LogP contribution in [0.5, 0.6) is 0 Å². The zero-order chi connectivity index (χ0) is 26.1. The van der Waals surface area contributed by atoms with Gasteiger partial charge in [-0.2, -0.15) is 0 Å². The third-order valence-corrected chi connectivity index (χ3v) is 11.8. The number of fused-ring (bicyclic) bond motifs is 2. The molecule has 2 atom stereocenters. The summed E-state index contributed by atoms with van der Waals surface area (Å²) in [5.74, 6) is 0. The lowest BCUT2D eigenvalue weighted by atomic mass is 9.80. The average molecular weight is 546 g/mol. The van der Waals surface area contributed by atoms with Crippen molar-refractivity contribution >= 4 is 32.4 Å². The van der Waals surface area contributed by atoms with Crippen molar-refractivity contribution in [2.75, 3.05) is 6.61 Å². The van der Waals surface area contributed by atoms with E-state index in [0.29, 0.717) is 6.61 Å². The molecule has 0 aliphatic carbocycles. The highest BCUT2D eigenvalue weighted by molar-refractivity contribution is 7.79. The van der Waals surface area contributed by atoms with Crippen molar-refractivity contribution in [2.24, 2.45) is 0 Å². The van der Waals surface area contributed by atoms with E-state index >= 15 is 0 Å². The van der Waals surface area contributed by atoms with Crippen molar-refractivity contribution in [2.45, 2.75) is 18.2 Å². The van der Waals surface area contributed by atoms with Crippen LogP contribution in [-0.4, -0.2) is 17.3 Å². The second-order valence-corrected chi connectivity index (χ2v) is 13.5. The summed E-state index contributed by atoms with van der Waals surface area (Å²) in [7, 11) is -1.90. The fourth-order valence-electron chi connectivity index (χ4n) is 5.81. The second-order valence-electron chi connectivity index (χ2n) is 9.84. The van der Waals surface area contributed by atoms with E-state index in [-0.39, 0.29) is 6.04 Å². The molecule has 192 valence electrons. The smallest absolute Gasteiger partial charge is 0.260 e. The first-order valence-electron chi connectivity index (χ1n) is 13.3. The molecule has 2 unspecified atom stereocenters. The van der Waals surface area contributed by atoms with Gasteiger partial charge in [-0.3, -0.25) is 0 Å². The maximum absolute atomic E-state index is 6.95. The van der Waals surface area contributed by atoms with E-state index in [4.69, 9.17) is 9.05 Å². The van der Waals surface area contributed by atoms with E-state index in [1.54, 1.807) is 0 Å². The maximum atomic E-state index is 6.95. The van der Waals surface area contributed by atoms with E-state index in [9.17, 15) is 0 Å². The van der Waals surface area contributed by atoms with Gasteiger partial charge in [0.1, 0.15) is 5.60 Å². The SMILES string of the molecule is c1ccc(P(c2ccccc2)c2ccccc2CN2C3COP2OC3(c2ccccc2)c2ccccc2)cc1. The molecule has 7 rings (SSSR count). The Hall–Kier alpha value is -3.16. The van der Waals surface area contributed by atoms with Crippen molar-refractivity contribution in [3.63, 3.8) is 0 Å². The molecule has 0 N–H and O–H groups in total. The van der Waals surface area contributed by atoms with Crippen molar-refractivity contribution in [1.29, 1.82) is 0 Å². The maximum Gasteiger partial charge on any atom is 0.260 e. The molecule has 2 aliphatic rings. The van der Waals surface area contributed by atoms with E-state index < -0.39 is 22.0 Å². The Morgan fingerprint density at radius 3 is 1.69 bits per heavy atom. The molecule has 0 saturated carbocycles. The van der Waals surface area contributed by atoms with E-state index in [0.717, 1.165) is 6.54 Å². The Kier molecular flexibility index (Phi) is 6.87. The normalized spacial score (nSPS) is 19.9. The summed E-state index contributed by atoms with van der Waals surface area (Å²) in [6.07, 6.45) is 0. The van der Waals surface area contributed by atoms with Gasteiger partial charge in [0.15, 0.2) is 0 Å². The van der Waals surface area contributed by atoms with Gasteiger partial charge >= 0.3 is 0 Å². The number of nitrogens with zero attached hydrogens (tertiary/aromatic N) is 1. The lowest BCUT2D eigenvalue weighted by molar-refractivity contribution is 0.0443. The van der Waals surface area contributed by atoms with Crippen molar-refractivity contribution in [3.05, 3.63) is 162 Å². The Morgan fingerprint density at radius 1 is 0.641 bits per heavy atom. The molecular weight excluding hydrogens is 516 g/mol. The molecule has 2 bridgehead atoms. The third-order valence-electron chi connectivity index (χ3n) is 7.60. The van der Waals surface area contributed by atoms with Gasteiger partial charge in [-0.05, 0) is 40.5 Å². The molecule has 2 aliphatic heterocycles. The first-order chi connectivity index (χ1) is 19.3. The number of hydrogen-bond donors (Lipinski definition) is 0. The minimum Gasteiger partial charge on any atom is -0.320 e. The first-order valence-corrected chi connectivity index (χ1v) is 15.8. The minimum atomic E-state index is -1.19. The van der Waals surface area contributed by atoms with Gasteiger partial charge in [-0.15, -0.1) is 0 Å². The molecule has 3 nitrogen and oxygen atoms in total. The van der Waals surface area contributed by atoms with Crippen LogP contribution in [0.25, 0.3) is 0 Å². The summed E-state index contributed by atoms with van der Waals surface area (Å²) >= 11 is 0. The highest BCUT2D eigenvalue weighted by atomic mass is 31.2. The molecule has 2 saturated heterocycles. The fraction of sp³-hybridized carbons (Fsp3) is 0.118. The number of rotatable bonds is 7. The lowest BCUT2D eigenvalue weighted by Gasteiger charge is -2.36. The van der Waals surface area contributed by atoms with Crippen LogP contribution in [0, 0.1) is 0 Å². The lowest BCUT2D eigenvalue weighted by Crippen LogP contribution is -2.45.